The maximum absolute atomic E-state index is 5.45. The summed E-state index contributed by atoms with van der Waals surface area (Å²) in [4.78, 5) is 3.30. The van der Waals surface area contributed by atoms with Crippen LogP contribution in [0.2, 0.25) is 0 Å². The largest absolute Gasteiger partial charge is 0.496 e. The molecule has 4 rings (SSSR count). The number of aromatic nitrogens is 4. The van der Waals surface area contributed by atoms with E-state index in [-0.39, 0.29) is 0 Å². The van der Waals surface area contributed by atoms with Crippen LogP contribution in [0.1, 0.15) is 31.5 Å². The molecule has 1 saturated heterocycles. The van der Waals surface area contributed by atoms with E-state index in [1.165, 1.54) is 25.7 Å². The SMILES string of the molecule is COc1ccccc1-c1nn2c(CN3CCCCCC3)nnc2s1. The van der Waals surface area contributed by atoms with Gasteiger partial charge in [0.1, 0.15) is 5.75 Å². The number of benzene rings is 1. The molecule has 0 N–H and O–H groups in total. The summed E-state index contributed by atoms with van der Waals surface area (Å²) in [5, 5.41) is 14.3. The summed E-state index contributed by atoms with van der Waals surface area (Å²) in [5.74, 6) is 1.75. The van der Waals surface area contributed by atoms with Gasteiger partial charge < -0.3 is 4.74 Å². The fourth-order valence-electron chi connectivity index (χ4n) is 3.18. The van der Waals surface area contributed by atoms with Gasteiger partial charge in [0.2, 0.25) is 4.96 Å². The second-order valence-corrected chi connectivity index (χ2v) is 7.06. The number of fused-ring (bicyclic) bond motifs is 1. The summed E-state index contributed by atoms with van der Waals surface area (Å²) < 4.78 is 7.34. The van der Waals surface area contributed by atoms with Crippen molar-refractivity contribution in [2.75, 3.05) is 20.2 Å². The minimum atomic E-state index is 0.816. The molecule has 0 spiro atoms. The molecule has 126 valence electrons. The van der Waals surface area contributed by atoms with Crippen molar-refractivity contribution in [2.45, 2.75) is 32.2 Å². The van der Waals surface area contributed by atoms with Crippen LogP contribution in [0.4, 0.5) is 0 Å². The predicted octanol–water partition coefficient (Wildman–Crippen LogP) is 3.24. The van der Waals surface area contributed by atoms with E-state index in [4.69, 9.17) is 9.84 Å². The third-order valence-corrected chi connectivity index (χ3v) is 5.39. The number of para-hydroxylation sites is 1. The first-order valence-electron chi connectivity index (χ1n) is 8.42. The maximum Gasteiger partial charge on any atom is 0.235 e. The van der Waals surface area contributed by atoms with Crippen LogP contribution in [0.5, 0.6) is 5.75 Å². The lowest BCUT2D eigenvalue weighted by molar-refractivity contribution is 0.268. The van der Waals surface area contributed by atoms with E-state index in [1.54, 1.807) is 18.4 Å². The molecule has 0 unspecified atom stereocenters. The Balaban J connectivity index is 1.63. The first kappa shape index (κ1) is 15.5. The Morgan fingerprint density at radius 3 is 2.67 bits per heavy atom. The number of rotatable bonds is 4. The number of nitrogens with zero attached hydrogens (tertiary/aromatic N) is 5. The molecule has 3 heterocycles. The van der Waals surface area contributed by atoms with Crippen molar-refractivity contribution in [1.82, 2.24) is 24.7 Å². The summed E-state index contributed by atoms with van der Waals surface area (Å²) >= 11 is 1.55. The molecular weight excluding hydrogens is 322 g/mol. The molecule has 0 radical (unpaired) electrons. The Hall–Kier alpha value is -1.99. The predicted molar refractivity (Wildman–Crippen MR) is 94.4 cm³/mol. The molecule has 2 aromatic heterocycles. The van der Waals surface area contributed by atoms with E-state index in [0.29, 0.717) is 0 Å². The highest BCUT2D eigenvalue weighted by Crippen LogP contribution is 2.32. The number of hydrogen-bond acceptors (Lipinski definition) is 6. The summed E-state index contributed by atoms with van der Waals surface area (Å²) in [7, 11) is 1.68. The lowest BCUT2D eigenvalue weighted by Gasteiger charge is -2.17. The van der Waals surface area contributed by atoms with Gasteiger partial charge in [-0.2, -0.15) is 9.61 Å². The molecule has 1 aromatic carbocycles. The topological polar surface area (TPSA) is 55.6 Å². The second kappa shape index (κ2) is 6.86. The molecule has 0 amide bonds. The van der Waals surface area contributed by atoms with E-state index in [1.807, 2.05) is 28.8 Å². The minimum Gasteiger partial charge on any atom is -0.496 e. The standard InChI is InChI=1S/C17H21N5OS/c1-23-14-9-5-4-8-13(14)16-20-22-15(18-19-17(22)24-16)12-21-10-6-2-3-7-11-21/h4-5,8-9H,2-3,6-7,10-12H2,1H3. The van der Waals surface area contributed by atoms with Gasteiger partial charge in [0.15, 0.2) is 10.8 Å². The van der Waals surface area contributed by atoms with E-state index < -0.39 is 0 Å². The van der Waals surface area contributed by atoms with Gasteiger partial charge in [-0.1, -0.05) is 36.3 Å². The third kappa shape index (κ3) is 3.01. The van der Waals surface area contributed by atoms with Crippen LogP contribution < -0.4 is 4.74 Å². The van der Waals surface area contributed by atoms with Crippen molar-refractivity contribution >= 4 is 16.3 Å². The zero-order valence-corrected chi connectivity index (χ0v) is 14.6. The van der Waals surface area contributed by atoms with E-state index in [0.717, 1.165) is 46.7 Å². The first-order valence-corrected chi connectivity index (χ1v) is 9.23. The fraction of sp³-hybridized carbons (Fsp3) is 0.471. The second-order valence-electron chi connectivity index (χ2n) is 6.11. The molecule has 0 aliphatic carbocycles. The van der Waals surface area contributed by atoms with Crippen molar-refractivity contribution in [2.24, 2.45) is 0 Å². The summed E-state index contributed by atoms with van der Waals surface area (Å²) in [6.07, 6.45) is 5.21. The first-order chi connectivity index (χ1) is 11.8. The van der Waals surface area contributed by atoms with Gasteiger partial charge in [-0.25, -0.2) is 0 Å². The maximum atomic E-state index is 5.45. The van der Waals surface area contributed by atoms with Gasteiger partial charge in [-0.3, -0.25) is 4.90 Å². The van der Waals surface area contributed by atoms with Crippen LogP contribution in [0.15, 0.2) is 24.3 Å². The molecule has 0 saturated carbocycles. The van der Waals surface area contributed by atoms with Crippen molar-refractivity contribution < 1.29 is 4.74 Å². The van der Waals surface area contributed by atoms with Crippen LogP contribution in [0, 0.1) is 0 Å². The van der Waals surface area contributed by atoms with Crippen molar-refractivity contribution in [3.63, 3.8) is 0 Å². The molecule has 6 nitrogen and oxygen atoms in total. The van der Waals surface area contributed by atoms with Gasteiger partial charge in [-0.15, -0.1) is 10.2 Å². The molecule has 7 heteroatoms. The Bertz CT molecular complexity index is 819. The molecule has 1 aliphatic heterocycles. The van der Waals surface area contributed by atoms with Crippen LogP contribution in [0.3, 0.4) is 0 Å². The third-order valence-electron chi connectivity index (χ3n) is 4.46. The van der Waals surface area contributed by atoms with Crippen molar-refractivity contribution in [3.05, 3.63) is 30.1 Å². The zero-order chi connectivity index (χ0) is 16.4. The van der Waals surface area contributed by atoms with E-state index >= 15 is 0 Å². The van der Waals surface area contributed by atoms with Gasteiger partial charge in [-0.05, 0) is 38.1 Å². The highest BCUT2D eigenvalue weighted by Gasteiger charge is 2.18. The van der Waals surface area contributed by atoms with Crippen LogP contribution in [0.25, 0.3) is 15.5 Å². The molecule has 24 heavy (non-hydrogen) atoms. The lowest BCUT2D eigenvalue weighted by Crippen LogP contribution is -2.25. The molecule has 3 aromatic rings. The molecule has 1 aliphatic rings. The van der Waals surface area contributed by atoms with Crippen molar-refractivity contribution in [3.8, 4) is 16.3 Å². The zero-order valence-electron chi connectivity index (χ0n) is 13.8. The van der Waals surface area contributed by atoms with Crippen LogP contribution in [-0.4, -0.2) is 44.9 Å². The van der Waals surface area contributed by atoms with Gasteiger partial charge >= 0.3 is 0 Å². The quantitative estimate of drug-likeness (QED) is 0.728. The highest BCUT2D eigenvalue weighted by atomic mass is 32.1. The molecule has 0 bridgehead atoms. The Kier molecular flexibility index (Phi) is 4.44. The number of ether oxygens (including phenoxy) is 1. The number of likely N-dealkylation sites (tertiary alicyclic amines) is 1. The average molecular weight is 343 g/mol. The van der Waals surface area contributed by atoms with Gasteiger partial charge in [0.25, 0.3) is 0 Å². The molecule has 1 fully saturated rings. The van der Waals surface area contributed by atoms with Crippen molar-refractivity contribution in [1.29, 1.82) is 0 Å². The van der Waals surface area contributed by atoms with Gasteiger partial charge in [0, 0.05) is 0 Å². The van der Waals surface area contributed by atoms with Crippen LogP contribution >= 0.6 is 11.3 Å². The molecule has 0 atom stereocenters. The summed E-state index contributed by atoms with van der Waals surface area (Å²) in [6, 6.07) is 7.95. The fourth-order valence-corrected chi connectivity index (χ4v) is 4.07. The Morgan fingerprint density at radius 1 is 1.08 bits per heavy atom. The van der Waals surface area contributed by atoms with Crippen LogP contribution in [-0.2, 0) is 6.54 Å². The molecular formula is C17H21N5OS. The average Bonchev–Trinajstić information content (AvgIpc) is 3.08. The number of hydrogen-bond donors (Lipinski definition) is 0. The monoisotopic (exact) mass is 343 g/mol. The summed E-state index contributed by atoms with van der Waals surface area (Å²) in [5.41, 5.74) is 0.997. The van der Waals surface area contributed by atoms with E-state index in [9.17, 15) is 0 Å². The highest BCUT2D eigenvalue weighted by molar-refractivity contribution is 7.19. The van der Waals surface area contributed by atoms with E-state index in [2.05, 4.69) is 15.1 Å². The van der Waals surface area contributed by atoms with Gasteiger partial charge in [0.05, 0.1) is 19.2 Å². The normalized spacial score (nSPS) is 16.4. The minimum absolute atomic E-state index is 0.816. The Labute approximate surface area is 145 Å². The summed E-state index contributed by atoms with van der Waals surface area (Å²) in [6.45, 7) is 3.09. The Morgan fingerprint density at radius 2 is 1.88 bits per heavy atom. The number of methoxy groups -OCH3 is 1. The smallest absolute Gasteiger partial charge is 0.235 e. The lowest BCUT2D eigenvalue weighted by atomic mass is 10.2.